The number of halogens is 3. The van der Waals surface area contributed by atoms with Gasteiger partial charge in [-0.25, -0.2) is 0 Å². The Kier molecular flexibility index (Phi) is 4.48. The molecule has 118 valence electrons. The van der Waals surface area contributed by atoms with Crippen LogP contribution < -0.4 is 0 Å². The van der Waals surface area contributed by atoms with Crippen molar-refractivity contribution in [3.05, 3.63) is 47.1 Å². The van der Waals surface area contributed by atoms with E-state index >= 15 is 0 Å². The van der Waals surface area contributed by atoms with Gasteiger partial charge in [-0.05, 0) is 24.6 Å². The smallest absolute Gasteiger partial charge is 0.342 e. The summed E-state index contributed by atoms with van der Waals surface area (Å²) in [6.45, 7) is 2.45. The van der Waals surface area contributed by atoms with E-state index in [4.69, 9.17) is 0 Å². The fourth-order valence-corrected chi connectivity index (χ4v) is 1.75. The minimum absolute atomic E-state index is 0.0583. The molecule has 1 amide bonds. The molecule has 0 aliphatic rings. The van der Waals surface area contributed by atoms with E-state index in [-0.39, 0.29) is 18.2 Å². The average Bonchev–Trinajstić information content (AvgIpc) is 2.95. The summed E-state index contributed by atoms with van der Waals surface area (Å²) in [4.78, 5) is 16.8. The minimum atomic E-state index is -4.65. The van der Waals surface area contributed by atoms with Crippen LogP contribution in [0, 0.1) is 0 Å². The highest BCUT2D eigenvalue weighted by atomic mass is 19.4. The number of amides is 1. The monoisotopic (exact) mass is 313 g/mol. The van der Waals surface area contributed by atoms with Crippen LogP contribution in [0.4, 0.5) is 13.2 Å². The number of nitrogens with zero attached hydrogens (tertiary/aromatic N) is 3. The Morgan fingerprint density at radius 1 is 1.27 bits per heavy atom. The van der Waals surface area contributed by atoms with E-state index in [1.54, 1.807) is 36.2 Å². The Bertz CT molecular complexity index is 650. The van der Waals surface area contributed by atoms with E-state index in [2.05, 4.69) is 14.7 Å². The third-order valence-electron chi connectivity index (χ3n) is 3.09. The van der Waals surface area contributed by atoms with Crippen molar-refractivity contribution in [2.45, 2.75) is 19.5 Å². The van der Waals surface area contributed by atoms with Gasteiger partial charge in [0.1, 0.15) is 0 Å². The number of rotatable bonds is 4. The third kappa shape index (κ3) is 3.63. The van der Waals surface area contributed by atoms with Crippen molar-refractivity contribution in [3.8, 4) is 0 Å². The zero-order chi connectivity index (χ0) is 16.3. The van der Waals surface area contributed by atoms with Crippen molar-refractivity contribution in [1.82, 2.24) is 15.0 Å². The number of hydrogen-bond acceptors (Lipinski definition) is 4. The summed E-state index contributed by atoms with van der Waals surface area (Å²) >= 11 is 0. The Balaban J connectivity index is 2.08. The second kappa shape index (κ2) is 6.17. The van der Waals surface area contributed by atoms with Crippen molar-refractivity contribution < 1.29 is 22.5 Å². The van der Waals surface area contributed by atoms with Crippen LogP contribution in [0.2, 0.25) is 0 Å². The van der Waals surface area contributed by atoms with Gasteiger partial charge in [0.05, 0.1) is 0 Å². The second-order valence-corrected chi connectivity index (χ2v) is 4.71. The van der Waals surface area contributed by atoms with Crippen LogP contribution in [0.15, 0.2) is 28.8 Å². The molecule has 1 aromatic carbocycles. The van der Waals surface area contributed by atoms with E-state index < -0.39 is 12.1 Å². The highest BCUT2D eigenvalue weighted by molar-refractivity contribution is 5.94. The van der Waals surface area contributed by atoms with Gasteiger partial charge in [-0.1, -0.05) is 17.3 Å². The third-order valence-corrected chi connectivity index (χ3v) is 3.09. The van der Waals surface area contributed by atoms with Crippen LogP contribution in [0.3, 0.4) is 0 Å². The SMILES string of the molecule is CCN(C)C(=O)c1ccc(Cc2noc(C(F)(F)F)n2)cc1. The van der Waals surface area contributed by atoms with Crippen LogP contribution in [0.25, 0.3) is 0 Å². The van der Waals surface area contributed by atoms with Gasteiger partial charge in [0.25, 0.3) is 5.91 Å². The molecule has 5 nitrogen and oxygen atoms in total. The standard InChI is InChI=1S/C14H14F3N3O2/c1-3-20(2)12(21)10-6-4-9(5-7-10)8-11-18-13(22-19-11)14(15,16)17/h4-7H,3,8H2,1-2H3. The predicted molar refractivity (Wildman–Crippen MR) is 71.2 cm³/mol. The predicted octanol–water partition coefficient (Wildman–Crippen LogP) is 2.77. The summed E-state index contributed by atoms with van der Waals surface area (Å²) < 4.78 is 41.2. The van der Waals surface area contributed by atoms with Crippen molar-refractivity contribution in [3.63, 3.8) is 0 Å². The first kappa shape index (κ1) is 16.0. The lowest BCUT2D eigenvalue weighted by atomic mass is 10.1. The van der Waals surface area contributed by atoms with Gasteiger partial charge in [0.15, 0.2) is 5.82 Å². The highest BCUT2D eigenvalue weighted by Crippen LogP contribution is 2.27. The van der Waals surface area contributed by atoms with E-state index in [1.807, 2.05) is 6.92 Å². The van der Waals surface area contributed by atoms with E-state index in [0.717, 1.165) is 0 Å². The van der Waals surface area contributed by atoms with Crippen molar-refractivity contribution in [2.24, 2.45) is 0 Å². The van der Waals surface area contributed by atoms with Gasteiger partial charge in [0, 0.05) is 25.6 Å². The quantitative estimate of drug-likeness (QED) is 0.871. The zero-order valence-corrected chi connectivity index (χ0v) is 12.0. The molecular weight excluding hydrogens is 299 g/mol. The molecule has 0 aliphatic heterocycles. The molecule has 0 saturated heterocycles. The Morgan fingerprint density at radius 2 is 1.91 bits per heavy atom. The van der Waals surface area contributed by atoms with Gasteiger partial charge in [-0.15, -0.1) is 0 Å². The normalized spacial score (nSPS) is 11.5. The van der Waals surface area contributed by atoms with Gasteiger partial charge < -0.3 is 9.42 Å². The lowest BCUT2D eigenvalue weighted by Crippen LogP contribution is -2.26. The maximum absolute atomic E-state index is 12.4. The first-order chi connectivity index (χ1) is 10.3. The molecule has 0 fully saturated rings. The number of benzene rings is 1. The number of carbonyl (C=O) groups is 1. The summed E-state index contributed by atoms with van der Waals surface area (Å²) in [6.07, 6.45) is -4.55. The lowest BCUT2D eigenvalue weighted by molar-refractivity contribution is -0.159. The fraction of sp³-hybridized carbons (Fsp3) is 0.357. The first-order valence-electron chi connectivity index (χ1n) is 6.55. The Morgan fingerprint density at radius 3 is 2.41 bits per heavy atom. The molecule has 0 N–H and O–H groups in total. The maximum atomic E-state index is 12.4. The molecule has 8 heteroatoms. The van der Waals surface area contributed by atoms with Crippen molar-refractivity contribution >= 4 is 5.91 Å². The van der Waals surface area contributed by atoms with Crippen LogP contribution in [0.5, 0.6) is 0 Å². The largest absolute Gasteiger partial charge is 0.471 e. The minimum Gasteiger partial charge on any atom is -0.342 e. The number of alkyl halides is 3. The van der Waals surface area contributed by atoms with Gasteiger partial charge >= 0.3 is 12.1 Å². The number of hydrogen-bond donors (Lipinski definition) is 0. The Hall–Kier alpha value is -2.38. The summed E-state index contributed by atoms with van der Waals surface area (Å²) in [7, 11) is 1.69. The van der Waals surface area contributed by atoms with Gasteiger partial charge in [-0.3, -0.25) is 4.79 Å². The molecule has 1 aromatic heterocycles. The van der Waals surface area contributed by atoms with Gasteiger partial charge in [0.2, 0.25) is 0 Å². The molecule has 0 saturated carbocycles. The second-order valence-electron chi connectivity index (χ2n) is 4.71. The molecule has 22 heavy (non-hydrogen) atoms. The fourth-order valence-electron chi connectivity index (χ4n) is 1.75. The molecular formula is C14H14F3N3O2. The topological polar surface area (TPSA) is 59.2 Å². The first-order valence-corrected chi connectivity index (χ1v) is 6.55. The highest BCUT2D eigenvalue weighted by Gasteiger charge is 2.38. The summed E-state index contributed by atoms with van der Waals surface area (Å²) in [5.74, 6) is -1.54. The van der Waals surface area contributed by atoms with Crippen molar-refractivity contribution in [2.75, 3.05) is 13.6 Å². The van der Waals surface area contributed by atoms with Gasteiger partial charge in [-0.2, -0.15) is 18.2 Å². The molecule has 1 heterocycles. The molecule has 2 rings (SSSR count). The molecule has 0 bridgehead atoms. The summed E-state index contributed by atoms with van der Waals surface area (Å²) in [6, 6.07) is 6.55. The zero-order valence-electron chi connectivity index (χ0n) is 12.0. The Labute approximate surface area is 124 Å². The molecule has 0 radical (unpaired) electrons. The molecule has 0 spiro atoms. The summed E-state index contributed by atoms with van der Waals surface area (Å²) in [5, 5.41) is 3.30. The van der Waals surface area contributed by atoms with E-state index in [1.165, 1.54) is 0 Å². The number of carbonyl (C=O) groups excluding carboxylic acids is 1. The lowest BCUT2D eigenvalue weighted by Gasteiger charge is -2.14. The maximum Gasteiger partial charge on any atom is 0.471 e. The molecule has 0 aliphatic carbocycles. The van der Waals surface area contributed by atoms with Crippen LogP contribution >= 0.6 is 0 Å². The number of aromatic nitrogens is 2. The van der Waals surface area contributed by atoms with E-state index in [9.17, 15) is 18.0 Å². The molecule has 0 unspecified atom stereocenters. The average molecular weight is 313 g/mol. The molecule has 0 atom stereocenters. The van der Waals surface area contributed by atoms with Crippen LogP contribution in [-0.2, 0) is 12.6 Å². The van der Waals surface area contributed by atoms with Crippen LogP contribution in [-0.4, -0.2) is 34.5 Å². The molecule has 2 aromatic rings. The van der Waals surface area contributed by atoms with Crippen molar-refractivity contribution in [1.29, 1.82) is 0 Å². The van der Waals surface area contributed by atoms with E-state index in [0.29, 0.717) is 17.7 Å². The van der Waals surface area contributed by atoms with Crippen LogP contribution in [0.1, 0.15) is 34.6 Å². The summed E-state index contributed by atoms with van der Waals surface area (Å²) in [5.41, 5.74) is 1.20.